The zero-order valence-electron chi connectivity index (χ0n) is 15.0. The number of carbonyl (C=O) groups excluding carboxylic acids is 1. The molecule has 1 heterocycles. The van der Waals surface area contributed by atoms with E-state index in [1.165, 1.54) is 0 Å². The molecule has 0 radical (unpaired) electrons. The Bertz CT molecular complexity index is 611. The highest BCUT2D eigenvalue weighted by atomic mass is 16.1. The van der Waals surface area contributed by atoms with Crippen LogP contribution in [0.5, 0.6) is 0 Å². The lowest BCUT2D eigenvalue weighted by Gasteiger charge is -2.28. The number of amides is 1. The molecule has 5 heteroatoms. The van der Waals surface area contributed by atoms with Gasteiger partial charge in [-0.05, 0) is 51.8 Å². The molecule has 1 aliphatic rings. The molecule has 1 unspecified atom stereocenters. The molecule has 0 saturated heterocycles. The second-order valence-electron chi connectivity index (χ2n) is 5.86. The fourth-order valence-corrected chi connectivity index (χ4v) is 2.53. The summed E-state index contributed by atoms with van der Waals surface area (Å²) in [6.45, 7) is 5.99. The summed E-state index contributed by atoms with van der Waals surface area (Å²) in [7, 11) is 0. The molecule has 1 amide bonds. The molecule has 1 atom stereocenters. The molecule has 0 aromatic rings. The predicted octanol–water partition coefficient (Wildman–Crippen LogP) is 3.79. The van der Waals surface area contributed by atoms with Gasteiger partial charge in [-0.15, -0.1) is 0 Å². The monoisotopic (exact) mass is 340 g/mol. The van der Waals surface area contributed by atoms with E-state index in [1.54, 1.807) is 6.21 Å². The number of carbonyl (C=O) groups is 1. The summed E-state index contributed by atoms with van der Waals surface area (Å²) in [5, 5.41) is 0. The Morgan fingerprint density at radius 1 is 1.28 bits per heavy atom. The van der Waals surface area contributed by atoms with Crippen LogP contribution in [-0.2, 0) is 4.79 Å². The van der Waals surface area contributed by atoms with Gasteiger partial charge in [0.2, 0.25) is 5.96 Å². The van der Waals surface area contributed by atoms with Crippen LogP contribution in [0.4, 0.5) is 0 Å². The number of hydrogen-bond donors (Lipinski definition) is 1. The van der Waals surface area contributed by atoms with Gasteiger partial charge in [0.25, 0.3) is 5.91 Å². The lowest BCUT2D eigenvalue weighted by Crippen LogP contribution is -2.31. The molecule has 0 spiro atoms. The molecule has 2 N–H and O–H groups in total. The van der Waals surface area contributed by atoms with Crippen LogP contribution in [0.1, 0.15) is 39.0 Å². The van der Waals surface area contributed by atoms with Gasteiger partial charge in [-0.2, -0.15) is 4.99 Å². The van der Waals surface area contributed by atoms with Gasteiger partial charge in [0.05, 0.1) is 12.0 Å². The van der Waals surface area contributed by atoms with Crippen molar-refractivity contribution in [3.8, 4) is 0 Å². The molecule has 0 aromatic heterocycles. The Balaban J connectivity index is 3.07. The van der Waals surface area contributed by atoms with Crippen LogP contribution in [0.25, 0.3) is 0 Å². The second-order valence-corrected chi connectivity index (χ2v) is 5.86. The van der Waals surface area contributed by atoms with E-state index in [0.29, 0.717) is 25.8 Å². The van der Waals surface area contributed by atoms with E-state index < -0.39 is 5.41 Å². The molecular weight excluding hydrogens is 312 g/mol. The van der Waals surface area contributed by atoms with Crippen LogP contribution in [0, 0.1) is 5.41 Å². The molecule has 0 fully saturated rings. The molecule has 0 saturated carbocycles. The minimum atomic E-state index is -0.619. The summed E-state index contributed by atoms with van der Waals surface area (Å²) in [5.74, 6) is -0.222. The maximum absolute atomic E-state index is 12.9. The second kappa shape index (κ2) is 11.9. The smallest absolute Gasteiger partial charge is 0.255 e. The van der Waals surface area contributed by atoms with Crippen LogP contribution < -0.4 is 5.73 Å². The van der Waals surface area contributed by atoms with Crippen molar-refractivity contribution in [2.24, 2.45) is 26.1 Å². The number of hydrogen-bond acceptors (Lipinski definition) is 4. The van der Waals surface area contributed by atoms with Gasteiger partial charge in [0.1, 0.15) is 0 Å². The first kappa shape index (κ1) is 20.5. The van der Waals surface area contributed by atoms with Crippen molar-refractivity contribution in [2.45, 2.75) is 39.0 Å². The minimum absolute atomic E-state index is 0.00411. The number of aliphatic imine (C=N–C) groups is 3. The molecule has 0 aliphatic carbocycles. The van der Waals surface area contributed by atoms with Crippen LogP contribution >= 0.6 is 0 Å². The normalized spacial score (nSPS) is 24.7. The number of rotatable bonds is 8. The first-order valence-electron chi connectivity index (χ1n) is 8.56. The topological polar surface area (TPSA) is 80.2 Å². The average molecular weight is 340 g/mol. The first-order valence-corrected chi connectivity index (χ1v) is 8.56. The van der Waals surface area contributed by atoms with E-state index >= 15 is 0 Å². The molecular formula is C20H28N4O. The molecule has 0 aromatic carbocycles. The largest absolute Gasteiger partial charge is 0.368 e. The summed E-state index contributed by atoms with van der Waals surface area (Å²) >= 11 is 0. The Hall–Kier alpha value is -2.56. The highest BCUT2D eigenvalue weighted by Gasteiger charge is 2.35. The van der Waals surface area contributed by atoms with Crippen molar-refractivity contribution in [2.75, 3.05) is 6.54 Å². The molecule has 0 bridgehead atoms. The van der Waals surface area contributed by atoms with Crippen molar-refractivity contribution in [1.82, 2.24) is 0 Å². The summed E-state index contributed by atoms with van der Waals surface area (Å²) in [6, 6.07) is 0. The summed E-state index contributed by atoms with van der Waals surface area (Å²) in [6.07, 6.45) is 21.1. The fourth-order valence-electron chi connectivity index (χ4n) is 2.53. The van der Waals surface area contributed by atoms with Gasteiger partial charge in [-0.1, -0.05) is 42.5 Å². The SMILES string of the molecule is C=NC/C=C/CC1(C/C=C/C/C=C\C)CC/C=C\C=N/C(N)=NC1=O. The van der Waals surface area contributed by atoms with E-state index in [-0.39, 0.29) is 11.9 Å². The van der Waals surface area contributed by atoms with Gasteiger partial charge < -0.3 is 5.73 Å². The van der Waals surface area contributed by atoms with Gasteiger partial charge in [0.15, 0.2) is 0 Å². The number of allylic oxidation sites excluding steroid dienone is 7. The van der Waals surface area contributed by atoms with Crippen molar-refractivity contribution in [1.29, 1.82) is 0 Å². The Labute approximate surface area is 150 Å². The third-order valence-corrected chi connectivity index (χ3v) is 3.98. The number of nitrogens with two attached hydrogens (primary N) is 1. The molecule has 134 valence electrons. The molecule has 5 nitrogen and oxygen atoms in total. The summed E-state index contributed by atoms with van der Waals surface area (Å²) < 4.78 is 0. The van der Waals surface area contributed by atoms with Crippen molar-refractivity contribution < 1.29 is 4.79 Å². The maximum atomic E-state index is 12.9. The molecule has 1 rings (SSSR count). The summed E-state index contributed by atoms with van der Waals surface area (Å²) in [4.78, 5) is 24.6. The third-order valence-electron chi connectivity index (χ3n) is 3.98. The van der Waals surface area contributed by atoms with Gasteiger partial charge in [-0.25, -0.2) is 4.99 Å². The van der Waals surface area contributed by atoms with Gasteiger partial charge >= 0.3 is 0 Å². The first-order chi connectivity index (χ1) is 12.1. The average Bonchev–Trinajstić information content (AvgIpc) is 2.60. The lowest BCUT2D eigenvalue weighted by molar-refractivity contribution is -0.127. The molecule has 1 aliphatic heterocycles. The summed E-state index contributed by atoms with van der Waals surface area (Å²) in [5.41, 5.74) is 5.12. The minimum Gasteiger partial charge on any atom is -0.368 e. The quantitative estimate of drug-likeness (QED) is 0.539. The highest BCUT2D eigenvalue weighted by Crippen LogP contribution is 2.36. The van der Waals surface area contributed by atoms with Gasteiger partial charge in [0, 0.05) is 6.21 Å². The van der Waals surface area contributed by atoms with Crippen LogP contribution in [-0.4, -0.2) is 31.3 Å². The zero-order chi connectivity index (χ0) is 18.4. The van der Waals surface area contributed by atoms with E-state index in [9.17, 15) is 4.79 Å². The van der Waals surface area contributed by atoms with Crippen molar-refractivity contribution in [3.63, 3.8) is 0 Å². The van der Waals surface area contributed by atoms with Crippen LogP contribution in [0.3, 0.4) is 0 Å². The van der Waals surface area contributed by atoms with E-state index in [1.807, 2.05) is 37.3 Å². The molecule has 25 heavy (non-hydrogen) atoms. The van der Waals surface area contributed by atoms with Crippen LogP contribution in [0.15, 0.2) is 63.6 Å². The predicted molar refractivity (Wildman–Crippen MR) is 107 cm³/mol. The standard InChI is InChI=1S/C20H28N4O/c1-3-4-5-6-8-13-20(15-10-12-16-22-2)14-9-7-11-17-23-19(21)24-18(20)25/h3-4,6-8,10-12,17H,2,5,9,13-16H2,1H3,(H2,21,24,25)/b4-3-,8-6+,11-7-,12-10+,23-17-. The Morgan fingerprint density at radius 2 is 2.04 bits per heavy atom. The third kappa shape index (κ3) is 7.70. The van der Waals surface area contributed by atoms with E-state index in [4.69, 9.17) is 5.73 Å². The highest BCUT2D eigenvalue weighted by molar-refractivity contribution is 5.99. The number of guanidine groups is 1. The zero-order valence-corrected chi connectivity index (χ0v) is 15.0. The fraction of sp³-hybridized carbons (Fsp3) is 0.400. The maximum Gasteiger partial charge on any atom is 0.255 e. The van der Waals surface area contributed by atoms with Gasteiger partial charge in [-0.3, -0.25) is 9.79 Å². The Kier molecular flexibility index (Phi) is 9.75. The van der Waals surface area contributed by atoms with Crippen molar-refractivity contribution >= 4 is 24.8 Å². The Morgan fingerprint density at radius 3 is 2.76 bits per heavy atom. The van der Waals surface area contributed by atoms with E-state index in [0.717, 1.165) is 12.8 Å². The van der Waals surface area contributed by atoms with Crippen LogP contribution in [0.2, 0.25) is 0 Å². The lowest BCUT2D eigenvalue weighted by atomic mass is 9.76. The van der Waals surface area contributed by atoms with E-state index in [2.05, 4.69) is 39.9 Å². The number of nitrogens with zero attached hydrogens (tertiary/aromatic N) is 3. The van der Waals surface area contributed by atoms with Crippen molar-refractivity contribution in [3.05, 3.63) is 48.6 Å².